The van der Waals surface area contributed by atoms with Gasteiger partial charge in [-0.25, -0.2) is 0 Å². The van der Waals surface area contributed by atoms with Gasteiger partial charge in [0.15, 0.2) is 0 Å². The van der Waals surface area contributed by atoms with Gasteiger partial charge in [-0.1, -0.05) is 19.8 Å². The summed E-state index contributed by atoms with van der Waals surface area (Å²) in [5.74, 6) is 0.283. The lowest BCUT2D eigenvalue weighted by Gasteiger charge is -2.39. The fourth-order valence-corrected chi connectivity index (χ4v) is 4.74. The van der Waals surface area contributed by atoms with Gasteiger partial charge < -0.3 is 5.73 Å². The van der Waals surface area contributed by atoms with E-state index in [0.717, 1.165) is 25.7 Å². The molecule has 1 rings (SSSR count). The van der Waals surface area contributed by atoms with Crippen molar-refractivity contribution in [3.05, 3.63) is 0 Å². The molecule has 0 radical (unpaired) electrons. The molecular formula is C13H29N3O2S. The molecule has 0 aliphatic heterocycles. The maximum absolute atomic E-state index is 12.5. The number of nitrogens with two attached hydrogens (primary N) is 1. The lowest BCUT2D eigenvalue weighted by atomic mass is 9.84. The summed E-state index contributed by atoms with van der Waals surface area (Å²) in [6.45, 7) is 8.53. The molecule has 2 unspecified atom stereocenters. The molecule has 0 saturated heterocycles. The number of nitrogens with one attached hydrogen (secondary N) is 1. The Bertz CT molecular complexity index is 376. The zero-order valence-electron chi connectivity index (χ0n) is 12.6. The van der Waals surface area contributed by atoms with Crippen molar-refractivity contribution in [1.82, 2.24) is 9.03 Å². The predicted molar refractivity (Wildman–Crippen MR) is 79.0 cm³/mol. The highest BCUT2D eigenvalue weighted by Gasteiger charge is 2.36. The number of hydrogen-bond acceptors (Lipinski definition) is 3. The fourth-order valence-electron chi connectivity index (χ4n) is 2.87. The molecule has 2 atom stereocenters. The highest BCUT2D eigenvalue weighted by molar-refractivity contribution is 7.87. The molecule has 3 N–H and O–H groups in total. The first kappa shape index (κ1) is 16.9. The first-order valence-electron chi connectivity index (χ1n) is 7.22. The van der Waals surface area contributed by atoms with Gasteiger partial charge >= 0.3 is 0 Å². The second kappa shape index (κ2) is 6.52. The molecule has 1 aliphatic carbocycles. The van der Waals surface area contributed by atoms with Gasteiger partial charge in [-0.05, 0) is 46.1 Å². The predicted octanol–water partition coefficient (Wildman–Crippen LogP) is 1.46. The summed E-state index contributed by atoms with van der Waals surface area (Å²) in [7, 11) is -3.44. The Hall–Kier alpha value is -0.170. The van der Waals surface area contributed by atoms with E-state index in [2.05, 4.69) is 4.72 Å². The summed E-state index contributed by atoms with van der Waals surface area (Å²) >= 11 is 0. The van der Waals surface area contributed by atoms with Gasteiger partial charge in [-0.3, -0.25) is 0 Å². The molecular weight excluding hydrogens is 262 g/mol. The number of hydrogen-bond donors (Lipinski definition) is 2. The topological polar surface area (TPSA) is 75.4 Å². The van der Waals surface area contributed by atoms with Gasteiger partial charge in [-0.2, -0.15) is 17.4 Å². The van der Waals surface area contributed by atoms with Crippen LogP contribution in [0.2, 0.25) is 0 Å². The Morgan fingerprint density at radius 2 is 1.84 bits per heavy atom. The average Bonchev–Trinajstić information content (AvgIpc) is 2.27. The number of nitrogens with zero attached hydrogens (tertiary/aromatic N) is 1. The minimum atomic E-state index is -3.44. The molecule has 19 heavy (non-hydrogen) atoms. The Kier molecular flexibility index (Phi) is 5.79. The van der Waals surface area contributed by atoms with Gasteiger partial charge in [0.25, 0.3) is 10.2 Å². The molecule has 114 valence electrons. The van der Waals surface area contributed by atoms with Crippen LogP contribution < -0.4 is 10.5 Å². The van der Waals surface area contributed by atoms with Crippen molar-refractivity contribution < 1.29 is 8.42 Å². The summed E-state index contributed by atoms with van der Waals surface area (Å²) in [6.07, 6.45) is 4.19. The summed E-state index contributed by atoms with van der Waals surface area (Å²) < 4.78 is 29.4. The minimum Gasteiger partial charge on any atom is -0.330 e. The second-order valence-electron chi connectivity index (χ2n) is 6.41. The lowest BCUT2D eigenvalue weighted by Crippen LogP contribution is -2.55. The molecule has 0 aromatic heterocycles. The van der Waals surface area contributed by atoms with E-state index in [1.807, 2.05) is 27.7 Å². The van der Waals surface area contributed by atoms with Crippen molar-refractivity contribution in [2.75, 3.05) is 13.1 Å². The summed E-state index contributed by atoms with van der Waals surface area (Å²) in [5.41, 5.74) is 5.36. The van der Waals surface area contributed by atoms with E-state index < -0.39 is 15.7 Å². The van der Waals surface area contributed by atoms with Crippen LogP contribution in [-0.4, -0.2) is 37.4 Å². The Morgan fingerprint density at radius 1 is 1.26 bits per heavy atom. The van der Waals surface area contributed by atoms with Gasteiger partial charge in [0.05, 0.1) is 0 Å². The van der Waals surface area contributed by atoms with Gasteiger partial charge in [-0.15, -0.1) is 0 Å². The van der Waals surface area contributed by atoms with Crippen molar-refractivity contribution in [3.63, 3.8) is 0 Å². The summed E-state index contributed by atoms with van der Waals surface area (Å²) in [6, 6.07) is 0.0450. The lowest BCUT2D eigenvalue weighted by molar-refractivity contribution is 0.184. The van der Waals surface area contributed by atoms with E-state index in [0.29, 0.717) is 13.1 Å². The molecule has 0 bridgehead atoms. The monoisotopic (exact) mass is 291 g/mol. The molecule has 5 nitrogen and oxygen atoms in total. The molecule has 0 aromatic carbocycles. The van der Waals surface area contributed by atoms with E-state index in [1.165, 1.54) is 0 Å². The van der Waals surface area contributed by atoms with E-state index in [1.54, 1.807) is 4.31 Å². The highest BCUT2D eigenvalue weighted by Crippen LogP contribution is 2.29. The van der Waals surface area contributed by atoms with Crippen LogP contribution in [0.1, 0.15) is 53.4 Å². The van der Waals surface area contributed by atoms with Crippen LogP contribution in [0, 0.1) is 5.92 Å². The van der Waals surface area contributed by atoms with Crippen LogP contribution in [0.3, 0.4) is 0 Å². The van der Waals surface area contributed by atoms with Gasteiger partial charge in [0, 0.05) is 18.1 Å². The fraction of sp³-hybridized carbons (Fsp3) is 1.00. The first-order valence-corrected chi connectivity index (χ1v) is 8.66. The van der Waals surface area contributed by atoms with Crippen molar-refractivity contribution in [1.29, 1.82) is 0 Å². The first-order chi connectivity index (χ1) is 8.71. The number of rotatable bonds is 5. The summed E-state index contributed by atoms with van der Waals surface area (Å²) in [4.78, 5) is 0. The molecule has 1 fully saturated rings. The second-order valence-corrected chi connectivity index (χ2v) is 8.03. The highest BCUT2D eigenvalue weighted by atomic mass is 32.2. The Labute approximate surface area is 118 Å². The summed E-state index contributed by atoms with van der Waals surface area (Å²) in [5, 5.41) is 0. The third-order valence-electron chi connectivity index (χ3n) is 3.60. The molecule has 1 saturated carbocycles. The maximum Gasteiger partial charge on any atom is 0.280 e. The van der Waals surface area contributed by atoms with E-state index in [-0.39, 0.29) is 12.0 Å². The molecule has 0 amide bonds. The van der Waals surface area contributed by atoms with Crippen LogP contribution in [0.5, 0.6) is 0 Å². The molecule has 6 heteroatoms. The van der Waals surface area contributed by atoms with Crippen molar-refractivity contribution in [2.24, 2.45) is 11.7 Å². The van der Waals surface area contributed by atoms with Crippen LogP contribution >= 0.6 is 0 Å². The van der Waals surface area contributed by atoms with Gasteiger partial charge in [0.1, 0.15) is 0 Å². The molecule has 1 aliphatic rings. The zero-order chi connectivity index (χ0) is 14.7. The van der Waals surface area contributed by atoms with E-state index in [9.17, 15) is 8.42 Å². The standard InChI is InChI=1S/C13H29N3O2S/c1-5-16(19(17,18)15-13(2,3)4)12-9-7-6-8-11(12)10-14/h11-12,15H,5-10,14H2,1-4H3. The Morgan fingerprint density at radius 3 is 2.32 bits per heavy atom. The average molecular weight is 291 g/mol. The molecule has 0 heterocycles. The van der Waals surface area contributed by atoms with Crippen LogP contribution in [-0.2, 0) is 10.2 Å². The maximum atomic E-state index is 12.5. The largest absolute Gasteiger partial charge is 0.330 e. The third-order valence-corrected chi connectivity index (χ3v) is 5.61. The van der Waals surface area contributed by atoms with Crippen LogP contribution in [0.25, 0.3) is 0 Å². The van der Waals surface area contributed by atoms with Crippen LogP contribution in [0.15, 0.2) is 0 Å². The van der Waals surface area contributed by atoms with Gasteiger partial charge in [0.2, 0.25) is 0 Å². The Balaban J connectivity index is 2.92. The smallest absolute Gasteiger partial charge is 0.280 e. The SMILES string of the molecule is CCN(C1CCCCC1CN)S(=O)(=O)NC(C)(C)C. The molecule has 0 aromatic rings. The van der Waals surface area contributed by atoms with Crippen molar-refractivity contribution in [2.45, 2.75) is 65.0 Å². The van der Waals surface area contributed by atoms with Crippen LogP contribution in [0.4, 0.5) is 0 Å². The van der Waals surface area contributed by atoms with E-state index in [4.69, 9.17) is 5.73 Å². The minimum absolute atomic E-state index is 0.0450. The van der Waals surface area contributed by atoms with Crippen molar-refractivity contribution >= 4 is 10.2 Å². The molecule has 0 spiro atoms. The quantitative estimate of drug-likeness (QED) is 0.805. The normalized spacial score (nSPS) is 25.8. The van der Waals surface area contributed by atoms with Crippen molar-refractivity contribution in [3.8, 4) is 0 Å². The van der Waals surface area contributed by atoms with E-state index >= 15 is 0 Å². The zero-order valence-corrected chi connectivity index (χ0v) is 13.5. The third kappa shape index (κ3) is 4.70.